The van der Waals surface area contributed by atoms with Gasteiger partial charge in [0, 0.05) is 30.9 Å². The van der Waals surface area contributed by atoms with Gasteiger partial charge in [-0.2, -0.15) is 0 Å². The molecule has 0 radical (unpaired) electrons. The van der Waals surface area contributed by atoms with Gasteiger partial charge in [-0.05, 0) is 48.4 Å². The Balaban J connectivity index is 1.55. The fourth-order valence-electron chi connectivity index (χ4n) is 3.21. The predicted molar refractivity (Wildman–Crippen MR) is 135 cm³/mol. The van der Waals surface area contributed by atoms with Crippen LogP contribution in [0, 0.1) is 0 Å². The zero-order valence-electron chi connectivity index (χ0n) is 20.3. The van der Waals surface area contributed by atoms with Crippen LogP contribution in [0.25, 0.3) is 0 Å². The fraction of sp³-hybridized carbons (Fsp3) is 0.200. The number of rotatable bonds is 11. The van der Waals surface area contributed by atoms with Gasteiger partial charge in [-0.15, -0.1) is 0 Å². The minimum atomic E-state index is -4.24. The molecule has 4 N–H and O–H groups in total. The molecule has 3 rings (SSSR count). The zero-order valence-corrected chi connectivity index (χ0v) is 21.2. The molecule has 13 heteroatoms. The Morgan fingerprint density at radius 1 is 0.895 bits per heavy atom. The second-order valence-electron chi connectivity index (χ2n) is 7.70. The van der Waals surface area contributed by atoms with E-state index in [9.17, 15) is 22.8 Å². The van der Waals surface area contributed by atoms with Crippen molar-refractivity contribution in [3.63, 3.8) is 0 Å². The maximum Gasteiger partial charge on any atom is 0.414 e. The van der Waals surface area contributed by atoms with Gasteiger partial charge in [-0.25, -0.2) is 22.9 Å². The van der Waals surface area contributed by atoms with Crippen LogP contribution in [-0.2, 0) is 16.4 Å². The topological polar surface area (TPSA) is 173 Å². The third-order valence-electron chi connectivity index (χ3n) is 5.10. The van der Waals surface area contributed by atoms with Crippen molar-refractivity contribution < 1.29 is 37.4 Å². The highest BCUT2D eigenvalue weighted by atomic mass is 32.2. The number of carbonyl (C=O) groups is 3. The smallest absolute Gasteiger partial charge is 0.414 e. The van der Waals surface area contributed by atoms with E-state index in [1.807, 2.05) is 29.0 Å². The van der Waals surface area contributed by atoms with Crippen LogP contribution in [0.1, 0.15) is 26.3 Å². The fourth-order valence-corrected chi connectivity index (χ4v) is 4.19. The molecule has 0 unspecified atom stereocenters. The zero-order chi connectivity index (χ0) is 27.5. The van der Waals surface area contributed by atoms with Crippen LogP contribution in [0.5, 0.6) is 11.6 Å². The molecule has 200 valence electrons. The van der Waals surface area contributed by atoms with Crippen molar-refractivity contribution in [1.29, 1.82) is 0 Å². The third kappa shape index (κ3) is 7.75. The molecular formula is C25H26N4O8S. The highest BCUT2D eigenvalue weighted by Crippen LogP contribution is 2.17. The first-order valence-corrected chi connectivity index (χ1v) is 12.8. The Labute approximate surface area is 219 Å². The molecule has 0 saturated carbocycles. The number of hydrogen-bond acceptors (Lipinski definition) is 9. The number of pyridine rings is 1. The molecule has 0 aliphatic carbocycles. The van der Waals surface area contributed by atoms with Crippen LogP contribution in [0.4, 0.5) is 4.79 Å². The number of amides is 3. The van der Waals surface area contributed by atoms with Gasteiger partial charge in [-0.3, -0.25) is 9.59 Å². The monoisotopic (exact) mass is 542 g/mol. The number of methoxy groups -OCH3 is 1. The van der Waals surface area contributed by atoms with E-state index < -0.39 is 22.0 Å². The number of aliphatic hydroxyl groups is 1. The molecule has 0 saturated heterocycles. The Morgan fingerprint density at radius 3 is 2.26 bits per heavy atom. The summed E-state index contributed by atoms with van der Waals surface area (Å²) in [6, 6.07) is 15.0. The number of hydrogen-bond donors (Lipinski definition) is 4. The molecule has 0 bridgehead atoms. The van der Waals surface area contributed by atoms with Crippen molar-refractivity contribution >= 4 is 27.9 Å². The number of nitrogens with zero attached hydrogens (tertiary/aromatic N) is 1. The number of nitrogens with one attached hydrogen (secondary N) is 3. The van der Waals surface area contributed by atoms with E-state index in [-0.39, 0.29) is 41.0 Å². The van der Waals surface area contributed by atoms with Crippen LogP contribution in [-0.4, -0.2) is 63.2 Å². The molecule has 3 amide bonds. The van der Waals surface area contributed by atoms with Crippen molar-refractivity contribution in [3.8, 4) is 11.6 Å². The minimum absolute atomic E-state index is 0.00721. The van der Waals surface area contributed by atoms with Gasteiger partial charge < -0.3 is 25.2 Å². The molecule has 2 aromatic carbocycles. The van der Waals surface area contributed by atoms with Crippen LogP contribution in [0.3, 0.4) is 0 Å². The normalized spacial score (nSPS) is 10.8. The summed E-state index contributed by atoms with van der Waals surface area (Å²) in [4.78, 5) is 39.9. The van der Waals surface area contributed by atoms with Gasteiger partial charge in [0.2, 0.25) is 5.88 Å². The van der Waals surface area contributed by atoms with E-state index >= 15 is 0 Å². The summed E-state index contributed by atoms with van der Waals surface area (Å²) in [5.74, 6) is -0.741. The molecule has 12 nitrogen and oxygen atoms in total. The maximum absolute atomic E-state index is 12.6. The average Bonchev–Trinajstić information content (AvgIpc) is 2.92. The average molecular weight is 543 g/mol. The lowest BCUT2D eigenvalue weighted by molar-refractivity contribution is 0.0951. The summed E-state index contributed by atoms with van der Waals surface area (Å²) < 4.78 is 37.3. The molecule has 1 aromatic heterocycles. The van der Waals surface area contributed by atoms with Crippen molar-refractivity contribution in [2.24, 2.45) is 0 Å². The molecule has 0 fully saturated rings. The van der Waals surface area contributed by atoms with Gasteiger partial charge in [0.15, 0.2) is 0 Å². The van der Waals surface area contributed by atoms with Gasteiger partial charge >= 0.3 is 6.09 Å². The lowest BCUT2D eigenvalue weighted by atomic mass is 10.1. The lowest BCUT2D eigenvalue weighted by Crippen LogP contribution is -2.31. The summed E-state index contributed by atoms with van der Waals surface area (Å²) in [7, 11) is -2.67. The number of sulfonamides is 1. The summed E-state index contributed by atoms with van der Waals surface area (Å²) in [5.41, 5.74) is 1.09. The number of ether oxygens (including phenoxy) is 2. The molecule has 38 heavy (non-hydrogen) atoms. The highest BCUT2D eigenvalue weighted by molar-refractivity contribution is 7.90. The molecule has 3 aromatic rings. The number of aliphatic hydroxyl groups excluding tert-OH is 1. The quantitative estimate of drug-likeness (QED) is 0.278. The maximum atomic E-state index is 12.6. The number of aromatic nitrogens is 1. The van der Waals surface area contributed by atoms with E-state index in [2.05, 4.69) is 15.6 Å². The number of benzene rings is 2. The van der Waals surface area contributed by atoms with Crippen LogP contribution in [0.2, 0.25) is 0 Å². The molecule has 1 heterocycles. The largest absolute Gasteiger partial charge is 0.496 e. The summed E-state index contributed by atoms with van der Waals surface area (Å²) in [5, 5.41) is 13.7. The summed E-state index contributed by atoms with van der Waals surface area (Å²) in [6.45, 7) is 0.0735. The molecule has 0 atom stereocenters. The van der Waals surface area contributed by atoms with E-state index in [4.69, 9.17) is 14.6 Å². The van der Waals surface area contributed by atoms with Crippen LogP contribution >= 0.6 is 0 Å². The Morgan fingerprint density at radius 2 is 1.61 bits per heavy atom. The molecule has 0 aliphatic heterocycles. The minimum Gasteiger partial charge on any atom is -0.496 e. The van der Waals surface area contributed by atoms with Crippen molar-refractivity contribution in [3.05, 3.63) is 83.6 Å². The van der Waals surface area contributed by atoms with Crippen LogP contribution in [0.15, 0.2) is 71.8 Å². The second kappa shape index (κ2) is 13.2. The molecular weight excluding hydrogens is 516 g/mol. The van der Waals surface area contributed by atoms with Gasteiger partial charge in [-0.1, -0.05) is 18.2 Å². The lowest BCUT2D eigenvalue weighted by Gasteiger charge is -2.10. The molecule has 0 aliphatic rings. The van der Waals surface area contributed by atoms with Crippen LogP contribution < -0.4 is 24.8 Å². The standard InChI is InChI=1S/C25H26N4O8S/c1-36-21-5-3-2-4-17(21)12-13-26-23(31)18-6-9-20(10-7-18)38(34,35)29-24(32)19-8-11-22(28-16-19)37-25(33)27-14-15-30/h2-11,16,30H,12-15H2,1H3,(H,26,31)(H,27,33)(H,29,32). The SMILES string of the molecule is COc1ccccc1CCNC(=O)c1ccc(S(=O)(=O)NC(=O)c2ccc(OC(=O)NCCO)nc2)cc1. The van der Waals surface area contributed by atoms with E-state index in [0.29, 0.717) is 13.0 Å². The van der Waals surface area contributed by atoms with Gasteiger partial charge in [0.25, 0.3) is 21.8 Å². The Hall–Kier alpha value is -4.49. The Bertz CT molecular complexity index is 1380. The first-order valence-electron chi connectivity index (χ1n) is 11.3. The molecule has 0 spiro atoms. The van der Waals surface area contributed by atoms with Crippen molar-refractivity contribution in [1.82, 2.24) is 20.3 Å². The van der Waals surface area contributed by atoms with Gasteiger partial charge in [0.05, 0.1) is 24.2 Å². The summed E-state index contributed by atoms with van der Waals surface area (Å²) in [6.07, 6.45) is 0.741. The second-order valence-corrected chi connectivity index (χ2v) is 9.38. The van der Waals surface area contributed by atoms with Crippen molar-refractivity contribution in [2.45, 2.75) is 11.3 Å². The van der Waals surface area contributed by atoms with Crippen molar-refractivity contribution in [2.75, 3.05) is 26.8 Å². The highest BCUT2D eigenvalue weighted by Gasteiger charge is 2.20. The number of para-hydroxylation sites is 1. The van der Waals surface area contributed by atoms with E-state index in [1.54, 1.807) is 7.11 Å². The predicted octanol–water partition coefficient (Wildman–Crippen LogP) is 1.26. The first kappa shape index (κ1) is 28.1. The summed E-state index contributed by atoms with van der Waals surface area (Å²) >= 11 is 0. The Kier molecular flexibility index (Phi) is 9.73. The van der Waals surface area contributed by atoms with E-state index in [1.165, 1.54) is 36.4 Å². The number of carbonyl (C=O) groups excluding carboxylic acids is 3. The first-order chi connectivity index (χ1) is 18.2. The van der Waals surface area contributed by atoms with E-state index in [0.717, 1.165) is 17.5 Å². The third-order valence-corrected chi connectivity index (χ3v) is 6.45. The van der Waals surface area contributed by atoms with Gasteiger partial charge in [0.1, 0.15) is 5.75 Å².